The van der Waals surface area contributed by atoms with Crippen LogP contribution in [0, 0.1) is 21.4 Å². The lowest BCUT2D eigenvalue weighted by molar-refractivity contribution is -0.384. The van der Waals surface area contributed by atoms with E-state index in [1.165, 1.54) is 29.5 Å². The van der Waals surface area contributed by atoms with Crippen LogP contribution in [0.4, 0.5) is 17.1 Å². The van der Waals surface area contributed by atoms with Crippen LogP contribution in [0.1, 0.15) is 111 Å². The number of nitrogens with one attached hydrogen (secondary N) is 3. The van der Waals surface area contributed by atoms with E-state index in [-0.39, 0.29) is 34.4 Å². The molecule has 5 heterocycles. The molecule has 1 unspecified atom stereocenters. The first-order valence-corrected chi connectivity index (χ1v) is 26.7. The topological polar surface area (TPSA) is 217 Å². The van der Waals surface area contributed by atoms with Crippen molar-refractivity contribution in [2.24, 2.45) is 18.4 Å². The predicted octanol–water partition coefficient (Wildman–Crippen LogP) is 8.30. The molecule has 1 atom stereocenters. The van der Waals surface area contributed by atoms with E-state index in [1.54, 1.807) is 35.4 Å². The average molecular weight is 1000 g/mol. The minimum atomic E-state index is -4.59. The monoisotopic (exact) mass is 999 g/mol. The number of hydrogen-bond donors (Lipinski definition) is 4. The molecule has 2 saturated heterocycles. The van der Waals surface area contributed by atoms with E-state index in [4.69, 9.17) is 4.74 Å². The summed E-state index contributed by atoms with van der Waals surface area (Å²) in [6.07, 6.45) is 12.1. The van der Waals surface area contributed by atoms with Crippen molar-refractivity contribution < 1.29 is 28.0 Å². The molecular formula is C53H65N11O7S. The number of piperazine rings is 1. The van der Waals surface area contributed by atoms with Crippen LogP contribution >= 0.6 is 0 Å². The number of nitro groups is 1. The van der Waals surface area contributed by atoms with Gasteiger partial charge in [-0.1, -0.05) is 38.1 Å². The van der Waals surface area contributed by atoms with Crippen LogP contribution in [-0.2, 0) is 23.6 Å². The SMILES string of the molecule is CC(C)c1ccccc1C1CN(Cc2ncn(C)n2)CCN1C1CC2(CCN(c3ccc(C(=O)NS(=O)(=O)c4ccc(NC[C@H]5CC[C@](C)(O)CC5)c([N+](=O)[O-])c4)c(Oc4cnc5[nH]ccc5c4)c3)CC2)C1. The van der Waals surface area contributed by atoms with Crippen LogP contribution in [0.25, 0.3) is 11.0 Å². The van der Waals surface area contributed by atoms with Crippen molar-refractivity contribution in [3.63, 3.8) is 0 Å². The first kappa shape index (κ1) is 49.2. The molecule has 6 aromatic rings. The molecule has 3 aromatic heterocycles. The number of aromatic amines is 1. The Morgan fingerprint density at radius 2 is 1.76 bits per heavy atom. The Bertz CT molecular complexity index is 3060. The van der Waals surface area contributed by atoms with Gasteiger partial charge in [-0.25, -0.2) is 23.1 Å². The van der Waals surface area contributed by atoms with Gasteiger partial charge in [0.1, 0.15) is 29.2 Å². The van der Waals surface area contributed by atoms with Crippen LogP contribution in [0.2, 0.25) is 0 Å². The molecule has 4 fully saturated rings. The number of fused-ring (bicyclic) bond motifs is 1. The molecular weight excluding hydrogens is 935 g/mol. The summed E-state index contributed by atoms with van der Waals surface area (Å²) in [5, 5.41) is 31.1. The molecule has 2 aliphatic carbocycles. The fraction of sp³-hybridized carbons (Fsp3) is 0.472. The van der Waals surface area contributed by atoms with E-state index < -0.39 is 37.0 Å². The molecule has 2 saturated carbocycles. The Balaban J connectivity index is 0.833. The summed E-state index contributed by atoms with van der Waals surface area (Å²) in [4.78, 5) is 44.9. The van der Waals surface area contributed by atoms with E-state index in [2.05, 4.69) is 82.9 Å². The molecule has 0 radical (unpaired) electrons. The van der Waals surface area contributed by atoms with E-state index in [0.717, 1.165) is 101 Å². The number of rotatable bonds is 15. The number of nitrogens with zero attached hydrogens (tertiary/aromatic N) is 8. The summed E-state index contributed by atoms with van der Waals surface area (Å²) >= 11 is 0. The number of aliphatic hydroxyl groups is 1. The summed E-state index contributed by atoms with van der Waals surface area (Å²) in [6.45, 7) is 12.0. The fourth-order valence-electron chi connectivity index (χ4n) is 11.6. The number of H-pyrrole nitrogens is 1. The summed E-state index contributed by atoms with van der Waals surface area (Å²) in [6, 6.07) is 22.0. The maximum Gasteiger partial charge on any atom is 0.293 e. The number of hydrogen-bond acceptors (Lipinski definition) is 14. The highest BCUT2D eigenvalue weighted by Gasteiger charge is 2.50. The van der Waals surface area contributed by atoms with Gasteiger partial charge in [0.05, 0.1) is 33.7 Å². The number of pyridine rings is 1. The molecule has 1 spiro atoms. The van der Waals surface area contributed by atoms with Gasteiger partial charge in [-0.3, -0.25) is 29.4 Å². The van der Waals surface area contributed by atoms with Gasteiger partial charge < -0.3 is 25.0 Å². The molecule has 72 heavy (non-hydrogen) atoms. The number of carbonyl (C=O) groups excluding carboxylic acids is 1. The van der Waals surface area contributed by atoms with Gasteiger partial charge in [0, 0.05) is 87.8 Å². The smallest absolute Gasteiger partial charge is 0.293 e. The first-order chi connectivity index (χ1) is 34.5. The number of sulfonamides is 1. The van der Waals surface area contributed by atoms with Crippen LogP contribution < -0.4 is 19.7 Å². The average Bonchev–Trinajstić information content (AvgIpc) is 4.00. The van der Waals surface area contributed by atoms with Gasteiger partial charge >= 0.3 is 0 Å². The predicted molar refractivity (Wildman–Crippen MR) is 275 cm³/mol. The summed E-state index contributed by atoms with van der Waals surface area (Å²) in [7, 11) is -2.68. The summed E-state index contributed by atoms with van der Waals surface area (Å²) in [5.41, 5.74) is 3.53. The van der Waals surface area contributed by atoms with Gasteiger partial charge in [-0.05, 0) is 123 Å². The number of nitro benzene ring substituents is 1. The highest BCUT2D eigenvalue weighted by Crippen LogP contribution is 2.53. The summed E-state index contributed by atoms with van der Waals surface area (Å²) < 4.78 is 38.0. The van der Waals surface area contributed by atoms with Crippen LogP contribution in [0.5, 0.6) is 11.5 Å². The van der Waals surface area contributed by atoms with Crippen LogP contribution in [-0.4, -0.2) is 110 Å². The lowest BCUT2D eigenvalue weighted by atomic mass is 9.59. The fourth-order valence-corrected chi connectivity index (χ4v) is 12.6. The zero-order valence-electron chi connectivity index (χ0n) is 41.5. The Hall–Kier alpha value is -6.41. The quantitative estimate of drug-likeness (QED) is 0.0563. The van der Waals surface area contributed by atoms with E-state index in [1.807, 2.05) is 26.1 Å². The van der Waals surface area contributed by atoms with Gasteiger partial charge in [0.25, 0.3) is 21.6 Å². The molecule has 10 rings (SSSR count). The minimum absolute atomic E-state index is 0.0314. The molecule has 380 valence electrons. The van der Waals surface area contributed by atoms with Gasteiger partial charge in [-0.15, -0.1) is 0 Å². The lowest BCUT2D eigenvalue weighted by Crippen LogP contribution is -2.60. The Labute approximate surface area is 420 Å². The zero-order valence-corrected chi connectivity index (χ0v) is 42.3. The first-order valence-electron chi connectivity index (χ1n) is 25.2. The van der Waals surface area contributed by atoms with Crippen molar-refractivity contribution in [2.75, 3.05) is 49.5 Å². The standard InChI is InChI=1S/C53H65N11O7S/c1-35(2)42-7-5-6-8-43(42)47-32-61(33-49-57-34-60(4)58-49)23-24-63(47)39-28-53(29-39)18-21-62(22-19-53)38-9-11-44(48(26-38)71-40-25-37-15-20-54-50(37)56-31-40)51(65)59-72(69,70)41-10-12-45(46(27-41)64(67)68)55-30-36-13-16-52(3,66)17-14-36/h5-12,15,20,25-27,31,34-36,39,47,55,66H,13-14,16-19,21-24,28-30,32-33H2,1-4H3,(H,54,56)(H,59,65)/t36-,47?,52-. The minimum Gasteiger partial charge on any atom is -0.455 e. The summed E-state index contributed by atoms with van der Waals surface area (Å²) in [5.74, 6) is 0.999. The Kier molecular flexibility index (Phi) is 13.6. The number of anilines is 2. The number of carbonyl (C=O) groups is 1. The van der Waals surface area contributed by atoms with Crippen molar-refractivity contribution in [2.45, 2.75) is 107 Å². The molecule has 19 heteroatoms. The third kappa shape index (κ3) is 10.6. The number of benzene rings is 3. The number of aryl methyl sites for hydroxylation is 1. The molecule has 18 nitrogen and oxygen atoms in total. The van der Waals surface area contributed by atoms with Crippen LogP contribution in [0.15, 0.2) is 96.4 Å². The highest BCUT2D eigenvalue weighted by atomic mass is 32.2. The maximum atomic E-state index is 14.1. The molecule has 2 aliphatic heterocycles. The van der Waals surface area contributed by atoms with Crippen LogP contribution in [0.3, 0.4) is 0 Å². The largest absolute Gasteiger partial charge is 0.455 e. The van der Waals surface area contributed by atoms with E-state index in [0.29, 0.717) is 42.7 Å². The van der Waals surface area contributed by atoms with Crippen molar-refractivity contribution in [3.8, 4) is 11.5 Å². The normalized spacial score (nSPS) is 22.0. The van der Waals surface area contributed by atoms with Crippen molar-refractivity contribution in [1.82, 2.24) is 39.3 Å². The Morgan fingerprint density at radius 3 is 2.50 bits per heavy atom. The molecule has 4 N–H and O–H groups in total. The second-order valence-electron chi connectivity index (χ2n) is 21.2. The third-order valence-corrected chi connectivity index (χ3v) is 17.1. The number of ether oxygens (including phenoxy) is 1. The molecule has 4 aliphatic rings. The third-order valence-electron chi connectivity index (χ3n) is 15.8. The number of aromatic nitrogens is 5. The Morgan fingerprint density at radius 1 is 0.986 bits per heavy atom. The van der Waals surface area contributed by atoms with E-state index >= 15 is 0 Å². The second kappa shape index (κ2) is 19.9. The van der Waals surface area contributed by atoms with E-state index in [9.17, 15) is 28.4 Å². The van der Waals surface area contributed by atoms with Crippen molar-refractivity contribution in [3.05, 3.63) is 124 Å². The second-order valence-corrected chi connectivity index (χ2v) is 22.9. The molecule has 1 amide bonds. The van der Waals surface area contributed by atoms with Crippen molar-refractivity contribution in [1.29, 1.82) is 0 Å². The van der Waals surface area contributed by atoms with Crippen molar-refractivity contribution >= 4 is 44.0 Å². The zero-order chi connectivity index (χ0) is 50.4. The molecule has 0 bridgehead atoms. The van der Waals surface area contributed by atoms with Gasteiger partial charge in [0.15, 0.2) is 5.82 Å². The number of amides is 1. The number of piperidine rings is 1. The van der Waals surface area contributed by atoms with Gasteiger partial charge in [0.2, 0.25) is 0 Å². The van der Waals surface area contributed by atoms with Gasteiger partial charge in [-0.2, -0.15) is 5.10 Å². The maximum absolute atomic E-state index is 14.1. The lowest BCUT2D eigenvalue weighted by Gasteiger charge is -2.58. The molecule has 3 aromatic carbocycles. The highest BCUT2D eigenvalue weighted by molar-refractivity contribution is 7.90.